The molecule has 0 atom stereocenters. The topological polar surface area (TPSA) is 34.1 Å². The summed E-state index contributed by atoms with van der Waals surface area (Å²) in [6.45, 7) is 0. The van der Waals surface area contributed by atoms with Crippen molar-refractivity contribution in [2.24, 2.45) is 0 Å². The van der Waals surface area contributed by atoms with Crippen LogP contribution in [0.2, 0.25) is 0 Å². The molecule has 0 fully saturated rings. The van der Waals surface area contributed by atoms with Gasteiger partial charge >= 0.3 is 6.18 Å². The number of carbonyl (C=O) groups is 2. The highest BCUT2D eigenvalue weighted by Crippen LogP contribution is 2.22. The summed E-state index contributed by atoms with van der Waals surface area (Å²) < 4.78 is 54.1. The van der Waals surface area contributed by atoms with E-state index >= 15 is 0 Å². The van der Waals surface area contributed by atoms with Crippen LogP contribution in [0.4, 0.5) is 22.0 Å². The molecule has 16 heavy (non-hydrogen) atoms. The second kappa shape index (κ2) is 6.14. The van der Waals surface area contributed by atoms with Crippen molar-refractivity contribution < 1.29 is 31.5 Å². The van der Waals surface area contributed by atoms with E-state index in [1.807, 2.05) is 0 Å². The van der Waals surface area contributed by atoms with Gasteiger partial charge in [-0.1, -0.05) is 0 Å². The second-order valence-electron chi connectivity index (χ2n) is 2.68. The third-order valence-corrected chi connectivity index (χ3v) is 1.21. The molecule has 0 radical (unpaired) electrons. The Balaban J connectivity index is 0.000000281. The van der Waals surface area contributed by atoms with Gasteiger partial charge in [0, 0.05) is 0 Å². The first-order valence-corrected chi connectivity index (χ1v) is 3.99. The van der Waals surface area contributed by atoms with Crippen molar-refractivity contribution >= 4 is 11.6 Å². The summed E-state index contributed by atoms with van der Waals surface area (Å²) >= 11 is 0. The Morgan fingerprint density at radius 3 is 1.38 bits per heavy atom. The summed E-state index contributed by atoms with van der Waals surface area (Å²) in [7, 11) is 0. The average Bonchev–Trinajstić information content (AvgIpc) is 2.07. The first-order valence-electron chi connectivity index (χ1n) is 3.99. The summed E-state index contributed by atoms with van der Waals surface area (Å²) in [5.74, 6) is -0.241. The third-order valence-electron chi connectivity index (χ3n) is 1.21. The summed E-state index contributed by atoms with van der Waals surface area (Å²) in [6, 6.07) is 0. The lowest BCUT2D eigenvalue weighted by molar-refractivity contribution is -0.158. The Kier molecular flexibility index (Phi) is 5.55. The van der Waals surface area contributed by atoms with Crippen molar-refractivity contribution in [3.63, 3.8) is 0 Å². The molecule has 0 aromatic rings. The maximum atomic E-state index is 10.8. The van der Waals surface area contributed by atoms with Gasteiger partial charge in [-0.15, -0.1) is 0 Å². The van der Waals surface area contributed by atoms with Gasteiger partial charge in [0.25, 0.3) is 0 Å². The summed E-state index contributed by atoms with van der Waals surface area (Å²) in [4.78, 5) is 20.6. The van der Waals surface area contributed by atoms with Crippen LogP contribution in [0.5, 0.6) is 0 Å². The second-order valence-corrected chi connectivity index (χ2v) is 2.68. The molecule has 0 saturated heterocycles. The molecule has 7 heteroatoms. The van der Waals surface area contributed by atoms with Crippen LogP contribution in [-0.4, -0.2) is 24.2 Å². The van der Waals surface area contributed by atoms with E-state index < -0.39 is 19.0 Å². The lowest BCUT2D eigenvalue weighted by Crippen LogP contribution is -2.12. The highest BCUT2D eigenvalue weighted by Gasteiger charge is 2.31. The summed E-state index contributed by atoms with van der Waals surface area (Å²) in [5.41, 5.74) is 0. The number of alkyl halides is 5. The number of hydrogen-bond donors (Lipinski definition) is 0. The molecule has 0 aromatic carbocycles. The van der Waals surface area contributed by atoms with E-state index in [-0.39, 0.29) is 11.6 Å². The molecule has 0 unspecified atom stereocenters. The fourth-order valence-corrected chi connectivity index (χ4v) is 0.615. The molecule has 0 aromatic heterocycles. The zero-order chi connectivity index (χ0) is 12.8. The van der Waals surface area contributed by atoms with Crippen LogP contribution < -0.4 is 0 Å². The predicted molar refractivity (Wildman–Crippen MR) is 45.0 cm³/mol. The van der Waals surface area contributed by atoms with Gasteiger partial charge in [0.1, 0.15) is 6.42 Å². The minimum Gasteiger partial charge on any atom is -0.290 e. The number of allylic oxidation sites excluding steroid dienone is 4. The van der Waals surface area contributed by atoms with E-state index in [1.165, 1.54) is 24.3 Å². The van der Waals surface area contributed by atoms with Gasteiger partial charge in [0.15, 0.2) is 11.6 Å². The molecule has 90 valence electrons. The Hall–Kier alpha value is -1.53. The van der Waals surface area contributed by atoms with Gasteiger partial charge in [-0.25, -0.2) is 8.78 Å². The van der Waals surface area contributed by atoms with Crippen LogP contribution in [0.25, 0.3) is 0 Å². The van der Waals surface area contributed by atoms with Crippen LogP contribution >= 0.6 is 0 Å². The number of rotatable bonds is 1. The monoisotopic (exact) mass is 242 g/mol. The van der Waals surface area contributed by atoms with Gasteiger partial charge in [-0.05, 0) is 24.3 Å². The molecule has 0 saturated carbocycles. The van der Waals surface area contributed by atoms with Crippen molar-refractivity contribution in [3.05, 3.63) is 24.3 Å². The van der Waals surface area contributed by atoms with E-state index in [1.54, 1.807) is 0 Å². The zero-order valence-corrected chi connectivity index (χ0v) is 7.80. The first-order chi connectivity index (χ1) is 7.20. The quantitative estimate of drug-likeness (QED) is 0.522. The molecule has 1 aliphatic rings. The maximum absolute atomic E-state index is 10.8. The first kappa shape index (κ1) is 14.5. The van der Waals surface area contributed by atoms with Crippen molar-refractivity contribution in [1.82, 2.24) is 0 Å². The van der Waals surface area contributed by atoms with Crippen molar-refractivity contribution in [3.8, 4) is 0 Å². The molecule has 0 spiro atoms. The minimum atomic E-state index is -4.73. The molecule has 1 aliphatic carbocycles. The van der Waals surface area contributed by atoms with E-state index in [2.05, 4.69) is 0 Å². The molecular weight excluding hydrogens is 235 g/mol. The van der Waals surface area contributed by atoms with Crippen LogP contribution in [0.15, 0.2) is 24.3 Å². The van der Waals surface area contributed by atoms with E-state index in [9.17, 15) is 31.5 Å². The Labute approximate surface area is 87.4 Å². The SMILES string of the molecule is FC(F)CC(F)(F)F.O=C1C=CC(=O)C=C1. The third kappa shape index (κ3) is 9.04. The van der Waals surface area contributed by atoms with Crippen LogP contribution in [0, 0.1) is 0 Å². The number of ketones is 2. The number of halogens is 5. The Morgan fingerprint density at radius 1 is 0.938 bits per heavy atom. The molecule has 0 heterocycles. The normalized spacial score (nSPS) is 15.1. The lowest BCUT2D eigenvalue weighted by Gasteiger charge is -2.02. The Morgan fingerprint density at radius 2 is 1.25 bits per heavy atom. The molecule has 0 amide bonds. The molecule has 0 bridgehead atoms. The lowest BCUT2D eigenvalue weighted by atomic mass is 10.2. The molecule has 2 nitrogen and oxygen atoms in total. The summed E-state index contributed by atoms with van der Waals surface area (Å²) in [6.07, 6.45) is -5.01. The number of hydrogen-bond acceptors (Lipinski definition) is 2. The molecule has 0 aliphatic heterocycles. The number of carbonyl (C=O) groups excluding carboxylic acids is 2. The van der Waals surface area contributed by atoms with Crippen LogP contribution in [0.1, 0.15) is 6.42 Å². The van der Waals surface area contributed by atoms with E-state index in [0.29, 0.717) is 0 Å². The standard InChI is InChI=1S/C6H4O2.C3H3F5/c7-5-1-2-6(8)4-3-5;4-2(5)1-3(6,7)8/h1-4H;2H,1H2. The smallest absolute Gasteiger partial charge is 0.290 e. The van der Waals surface area contributed by atoms with Gasteiger partial charge in [0.05, 0.1) is 0 Å². The zero-order valence-electron chi connectivity index (χ0n) is 7.80. The van der Waals surface area contributed by atoms with Gasteiger partial charge in [-0.2, -0.15) is 13.2 Å². The highest BCUT2D eigenvalue weighted by molar-refractivity contribution is 6.14. The molecular formula is C9H7F5O2. The van der Waals surface area contributed by atoms with E-state index in [4.69, 9.17) is 0 Å². The fraction of sp³-hybridized carbons (Fsp3) is 0.333. The molecule has 0 N–H and O–H groups in total. The van der Waals surface area contributed by atoms with Crippen molar-refractivity contribution in [1.29, 1.82) is 0 Å². The highest BCUT2D eigenvalue weighted by atomic mass is 19.4. The fourth-order valence-electron chi connectivity index (χ4n) is 0.615. The largest absolute Gasteiger partial charge is 0.394 e. The van der Waals surface area contributed by atoms with Gasteiger partial charge in [0.2, 0.25) is 6.43 Å². The molecule has 1 rings (SSSR count). The average molecular weight is 242 g/mol. The van der Waals surface area contributed by atoms with E-state index in [0.717, 1.165) is 0 Å². The van der Waals surface area contributed by atoms with Crippen molar-refractivity contribution in [2.75, 3.05) is 0 Å². The predicted octanol–water partition coefficient (Wildman–Crippen LogP) is 2.45. The van der Waals surface area contributed by atoms with Gasteiger partial charge < -0.3 is 0 Å². The van der Waals surface area contributed by atoms with Crippen LogP contribution in [0.3, 0.4) is 0 Å². The summed E-state index contributed by atoms with van der Waals surface area (Å²) in [5, 5.41) is 0. The Bertz CT molecular complexity index is 276. The maximum Gasteiger partial charge on any atom is 0.394 e. The van der Waals surface area contributed by atoms with Gasteiger partial charge in [-0.3, -0.25) is 9.59 Å². The van der Waals surface area contributed by atoms with Crippen molar-refractivity contribution in [2.45, 2.75) is 19.0 Å². The van der Waals surface area contributed by atoms with Crippen LogP contribution in [-0.2, 0) is 9.59 Å². The minimum absolute atomic E-state index is 0.121.